The molecule has 0 aliphatic rings. The van der Waals surface area contributed by atoms with Gasteiger partial charge in [-0.15, -0.1) is 0 Å². The molecule has 102 valence electrons. The third-order valence-electron chi connectivity index (χ3n) is 2.00. The zero-order chi connectivity index (χ0) is 13.6. The first kappa shape index (κ1) is 16.1. The van der Waals surface area contributed by atoms with Crippen molar-refractivity contribution in [3.63, 3.8) is 0 Å². The summed E-state index contributed by atoms with van der Waals surface area (Å²) in [6, 6.07) is 0. The monoisotopic (exact) mass is 259 g/mol. The molecule has 0 aromatic heterocycles. The van der Waals surface area contributed by atoms with E-state index in [4.69, 9.17) is 0 Å². The minimum atomic E-state index is -4.64. The highest BCUT2D eigenvalue weighted by Gasteiger charge is 2.51. The molecule has 0 aliphatic heterocycles. The van der Waals surface area contributed by atoms with Crippen molar-refractivity contribution >= 4 is 5.91 Å². The van der Waals surface area contributed by atoms with E-state index in [0.717, 1.165) is 0 Å². The summed E-state index contributed by atoms with van der Waals surface area (Å²) < 4.78 is 54.5. The van der Waals surface area contributed by atoms with Gasteiger partial charge in [0.2, 0.25) is 0 Å². The van der Waals surface area contributed by atoms with Gasteiger partial charge in [-0.25, -0.2) is 8.78 Å². The highest BCUT2D eigenvalue weighted by molar-refractivity contribution is 5.84. The van der Waals surface area contributed by atoms with E-state index in [0.29, 0.717) is 4.90 Å². The highest BCUT2D eigenvalue weighted by Crippen LogP contribution is 2.25. The van der Waals surface area contributed by atoms with Gasteiger partial charge in [0.15, 0.2) is 0 Å². The summed E-state index contributed by atoms with van der Waals surface area (Å²) in [5.74, 6) is -6.58. The Morgan fingerprint density at radius 2 is 1.88 bits per heavy atom. The van der Waals surface area contributed by atoms with E-state index in [1.54, 1.807) is 13.8 Å². The maximum absolute atomic E-state index is 12.9. The van der Waals surface area contributed by atoms with Crippen LogP contribution in [0.4, 0.5) is 17.6 Å². The number of carbonyl (C=O) groups is 1. The molecule has 0 aliphatic carbocycles. The average Bonchev–Trinajstić information content (AvgIpc) is 2.22. The maximum Gasteiger partial charge on any atom is 0.383 e. The fourth-order valence-electron chi connectivity index (χ4n) is 1.22. The molecule has 7 heteroatoms. The first-order chi connectivity index (χ1) is 7.73. The molecule has 0 aromatic carbocycles. The second kappa shape index (κ2) is 6.78. The van der Waals surface area contributed by atoms with Crippen molar-refractivity contribution in [3.05, 3.63) is 0 Å². The van der Waals surface area contributed by atoms with E-state index >= 15 is 0 Å². The SMILES string of the molecule is COCCN(CC(C)C)C(=O)C(F)(F)C(F)F. The Kier molecular flexibility index (Phi) is 6.44. The smallest absolute Gasteiger partial charge is 0.383 e. The minimum Gasteiger partial charge on any atom is -0.383 e. The molecule has 0 aromatic rings. The molecule has 1 amide bonds. The number of amides is 1. The van der Waals surface area contributed by atoms with Gasteiger partial charge in [0.25, 0.3) is 5.91 Å². The molecule has 0 saturated heterocycles. The Hall–Kier alpha value is -0.850. The lowest BCUT2D eigenvalue weighted by atomic mass is 10.2. The van der Waals surface area contributed by atoms with E-state index in [9.17, 15) is 22.4 Å². The Morgan fingerprint density at radius 3 is 2.24 bits per heavy atom. The van der Waals surface area contributed by atoms with Crippen LogP contribution < -0.4 is 0 Å². The second-order valence-electron chi connectivity index (χ2n) is 4.06. The number of hydrogen-bond donors (Lipinski definition) is 0. The quantitative estimate of drug-likeness (QED) is 0.655. The molecule has 0 unspecified atom stereocenters. The van der Waals surface area contributed by atoms with Crippen LogP contribution in [0.3, 0.4) is 0 Å². The molecule has 0 atom stereocenters. The van der Waals surface area contributed by atoms with Crippen LogP contribution in [0.5, 0.6) is 0 Å². The van der Waals surface area contributed by atoms with Crippen molar-refractivity contribution < 1.29 is 27.1 Å². The first-order valence-electron chi connectivity index (χ1n) is 5.17. The lowest BCUT2D eigenvalue weighted by Crippen LogP contribution is -2.49. The topological polar surface area (TPSA) is 29.5 Å². The molecule has 0 rings (SSSR count). The minimum absolute atomic E-state index is 0.00942. The molecular weight excluding hydrogens is 242 g/mol. The average molecular weight is 259 g/mol. The summed E-state index contributed by atoms with van der Waals surface area (Å²) in [7, 11) is 1.34. The van der Waals surface area contributed by atoms with Crippen LogP contribution in [0.25, 0.3) is 0 Å². The largest absolute Gasteiger partial charge is 0.383 e. The molecule has 3 nitrogen and oxygen atoms in total. The summed E-state index contributed by atoms with van der Waals surface area (Å²) >= 11 is 0. The molecular formula is C10H17F4NO2. The normalized spacial score (nSPS) is 12.3. The summed E-state index contributed by atoms with van der Waals surface area (Å²) in [5, 5.41) is 0. The van der Waals surface area contributed by atoms with E-state index < -0.39 is 18.3 Å². The highest BCUT2D eigenvalue weighted by atomic mass is 19.3. The van der Waals surface area contributed by atoms with Gasteiger partial charge in [0, 0.05) is 20.2 Å². The number of rotatable bonds is 7. The van der Waals surface area contributed by atoms with E-state index in [1.165, 1.54) is 7.11 Å². The van der Waals surface area contributed by atoms with Gasteiger partial charge in [0.1, 0.15) is 0 Å². The predicted molar refractivity (Wildman–Crippen MR) is 54.2 cm³/mol. The van der Waals surface area contributed by atoms with Crippen molar-refractivity contribution in [1.29, 1.82) is 0 Å². The van der Waals surface area contributed by atoms with Crippen LogP contribution in [0.2, 0.25) is 0 Å². The van der Waals surface area contributed by atoms with Gasteiger partial charge in [-0.2, -0.15) is 8.78 Å². The number of ether oxygens (including phenoxy) is 1. The van der Waals surface area contributed by atoms with Crippen LogP contribution in [0.15, 0.2) is 0 Å². The molecule has 17 heavy (non-hydrogen) atoms. The van der Waals surface area contributed by atoms with Crippen LogP contribution in [-0.4, -0.2) is 50.0 Å². The number of halogens is 4. The van der Waals surface area contributed by atoms with Crippen molar-refractivity contribution in [3.8, 4) is 0 Å². The molecule has 0 fully saturated rings. The third-order valence-corrected chi connectivity index (χ3v) is 2.00. The molecule has 0 N–H and O–H groups in total. The van der Waals surface area contributed by atoms with Crippen LogP contribution >= 0.6 is 0 Å². The summed E-state index contributed by atoms with van der Waals surface area (Å²) in [5.41, 5.74) is 0. The Labute approximate surface area is 97.7 Å². The lowest BCUT2D eigenvalue weighted by Gasteiger charge is -2.27. The van der Waals surface area contributed by atoms with Gasteiger partial charge >= 0.3 is 12.3 Å². The summed E-state index contributed by atoms with van der Waals surface area (Å²) in [4.78, 5) is 12.0. The molecule has 0 bridgehead atoms. The van der Waals surface area contributed by atoms with E-state index in [-0.39, 0.29) is 25.6 Å². The predicted octanol–water partition coefficient (Wildman–Crippen LogP) is 2.02. The van der Waals surface area contributed by atoms with Crippen molar-refractivity contribution in [2.24, 2.45) is 5.92 Å². The number of alkyl halides is 4. The third kappa shape index (κ3) is 4.89. The Balaban J connectivity index is 4.72. The number of nitrogens with zero attached hydrogens (tertiary/aromatic N) is 1. The van der Waals surface area contributed by atoms with Gasteiger partial charge in [-0.05, 0) is 5.92 Å². The van der Waals surface area contributed by atoms with Crippen LogP contribution in [0, 0.1) is 5.92 Å². The Morgan fingerprint density at radius 1 is 1.35 bits per heavy atom. The second-order valence-corrected chi connectivity index (χ2v) is 4.06. The zero-order valence-corrected chi connectivity index (χ0v) is 10.1. The van der Waals surface area contributed by atoms with E-state index in [1.807, 2.05) is 0 Å². The standard InChI is InChI=1S/C10H17F4NO2/c1-7(2)6-15(4-5-17-3)9(16)10(13,14)8(11)12/h7-8H,4-6H2,1-3H3. The number of hydrogen-bond acceptors (Lipinski definition) is 2. The summed E-state index contributed by atoms with van der Waals surface area (Å²) in [6.07, 6.45) is -3.99. The summed E-state index contributed by atoms with van der Waals surface area (Å²) in [6.45, 7) is 3.29. The molecule has 0 heterocycles. The fraction of sp³-hybridized carbons (Fsp3) is 0.900. The van der Waals surface area contributed by atoms with Gasteiger partial charge in [-0.3, -0.25) is 4.79 Å². The molecule has 0 radical (unpaired) electrons. The zero-order valence-electron chi connectivity index (χ0n) is 10.1. The first-order valence-corrected chi connectivity index (χ1v) is 5.17. The van der Waals surface area contributed by atoms with Crippen molar-refractivity contribution in [2.45, 2.75) is 26.2 Å². The van der Waals surface area contributed by atoms with Gasteiger partial charge in [0.05, 0.1) is 6.61 Å². The lowest BCUT2D eigenvalue weighted by molar-refractivity contribution is -0.181. The van der Waals surface area contributed by atoms with Gasteiger partial charge < -0.3 is 9.64 Å². The van der Waals surface area contributed by atoms with Gasteiger partial charge in [-0.1, -0.05) is 13.8 Å². The maximum atomic E-state index is 12.9. The molecule has 0 spiro atoms. The fourth-order valence-corrected chi connectivity index (χ4v) is 1.22. The van der Waals surface area contributed by atoms with Crippen LogP contribution in [0.1, 0.15) is 13.8 Å². The molecule has 0 saturated carbocycles. The number of methoxy groups -OCH3 is 1. The van der Waals surface area contributed by atoms with E-state index in [2.05, 4.69) is 4.74 Å². The van der Waals surface area contributed by atoms with Crippen molar-refractivity contribution in [1.82, 2.24) is 4.90 Å². The number of carbonyl (C=O) groups excluding carboxylic acids is 1. The Bertz CT molecular complexity index is 246. The van der Waals surface area contributed by atoms with Crippen LogP contribution in [-0.2, 0) is 9.53 Å². The van der Waals surface area contributed by atoms with Crippen molar-refractivity contribution in [2.75, 3.05) is 26.8 Å².